The van der Waals surface area contributed by atoms with Gasteiger partial charge in [0.05, 0.1) is 11.0 Å². The smallest absolute Gasteiger partial charge is 0.269 e. The minimum absolute atomic E-state index is 0.270. The van der Waals surface area contributed by atoms with Gasteiger partial charge in [0.15, 0.2) is 0 Å². The van der Waals surface area contributed by atoms with Gasteiger partial charge in [0.1, 0.15) is 17.2 Å². The van der Waals surface area contributed by atoms with Crippen molar-refractivity contribution in [2.75, 3.05) is 12.4 Å². The van der Waals surface area contributed by atoms with E-state index in [4.69, 9.17) is 21.3 Å². The number of hydrogen-bond acceptors (Lipinski definition) is 5. The lowest BCUT2D eigenvalue weighted by Crippen LogP contribution is -2.18. The van der Waals surface area contributed by atoms with Crippen molar-refractivity contribution in [3.8, 4) is 11.5 Å². The maximum Gasteiger partial charge on any atom is 0.269 e. The number of anilines is 2. The normalized spacial score (nSPS) is 10.8. The Morgan fingerprint density at radius 2 is 1.90 bits per heavy atom. The minimum Gasteiger partial charge on any atom is -0.457 e. The number of ether oxygens (including phenoxy) is 1. The van der Waals surface area contributed by atoms with Gasteiger partial charge in [0, 0.05) is 43.1 Å². The maximum atomic E-state index is 11.8. The topological polar surface area (TPSA) is 81.1 Å². The highest BCUT2D eigenvalue weighted by Gasteiger charge is 2.12. The van der Waals surface area contributed by atoms with E-state index in [0.717, 1.165) is 22.3 Å². The first-order valence-corrected chi connectivity index (χ1v) is 9.68. The van der Waals surface area contributed by atoms with Gasteiger partial charge in [-0.05, 0) is 48.9 Å². The molecule has 8 heteroatoms. The number of aromatic nitrogens is 3. The molecule has 0 saturated carbocycles. The van der Waals surface area contributed by atoms with Crippen molar-refractivity contribution < 1.29 is 9.53 Å². The van der Waals surface area contributed by atoms with Gasteiger partial charge in [0.25, 0.3) is 5.91 Å². The number of hydrogen-bond donors (Lipinski definition) is 2. The number of pyridine rings is 1. The van der Waals surface area contributed by atoms with Gasteiger partial charge >= 0.3 is 0 Å². The number of fused-ring (bicyclic) bond motifs is 1. The fourth-order valence-electron chi connectivity index (χ4n) is 3.11. The van der Waals surface area contributed by atoms with Crippen LogP contribution in [0, 0.1) is 6.92 Å². The van der Waals surface area contributed by atoms with Crippen molar-refractivity contribution in [1.82, 2.24) is 19.9 Å². The molecule has 2 aromatic heterocycles. The predicted molar refractivity (Wildman–Crippen MR) is 118 cm³/mol. The average molecular weight is 422 g/mol. The van der Waals surface area contributed by atoms with E-state index in [1.165, 1.54) is 6.20 Å². The zero-order valence-electron chi connectivity index (χ0n) is 16.7. The quantitative estimate of drug-likeness (QED) is 0.482. The van der Waals surface area contributed by atoms with Crippen molar-refractivity contribution in [2.45, 2.75) is 6.92 Å². The van der Waals surface area contributed by atoms with Gasteiger partial charge in [0.2, 0.25) is 5.95 Å². The summed E-state index contributed by atoms with van der Waals surface area (Å²) in [6, 6.07) is 14.6. The number of aryl methyl sites for hydroxylation is 2. The van der Waals surface area contributed by atoms with Crippen LogP contribution in [0.2, 0.25) is 5.02 Å². The van der Waals surface area contributed by atoms with Gasteiger partial charge in [-0.3, -0.25) is 9.78 Å². The summed E-state index contributed by atoms with van der Waals surface area (Å²) in [5, 5.41) is 6.60. The summed E-state index contributed by atoms with van der Waals surface area (Å²) in [4.78, 5) is 20.5. The zero-order valence-corrected chi connectivity index (χ0v) is 17.5. The lowest BCUT2D eigenvalue weighted by atomic mass is 10.2. The van der Waals surface area contributed by atoms with Gasteiger partial charge in [-0.1, -0.05) is 11.6 Å². The van der Waals surface area contributed by atoms with E-state index >= 15 is 0 Å². The Hall–Kier alpha value is -3.58. The summed E-state index contributed by atoms with van der Waals surface area (Å²) in [6.45, 7) is 1.99. The first kappa shape index (κ1) is 19.7. The molecule has 0 radical (unpaired) electrons. The van der Waals surface area contributed by atoms with Crippen molar-refractivity contribution >= 4 is 40.2 Å². The first-order chi connectivity index (χ1) is 14.4. The number of rotatable bonds is 5. The number of benzene rings is 2. The standard InChI is InChI=1S/C22H20ClN5O2/c1-13-10-14(23)4-6-17(13)26-22-27-18-11-15(5-7-20(18)28(22)3)30-16-8-9-25-19(12-16)21(29)24-2/h4-12H,1-3H3,(H,24,29)(H,26,27). The van der Waals surface area contributed by atoms with Crippen LogP contribution in [0.1, 0.15) is 16.1 Å². The Kier molecular flexibility index (Phi) is 5.29. The Bertz CT molecular complexity index is 1250. The highest BCUT2D eigenvalue weighted by atomic mass is 35.5. The summed E-state index contributed by atoms with van der Waals surface area (Å²) < 4.78 is 7.89. The number of carbonyl (C=O) groups is 1. The molecule has 0 aliphatic heterocycles. The van der Waals surface area contributed by atoms with E-state index < -0.39 is 0 Å². The number of nitrogens with one attached hydrogen (secondary N) is 2. The van der Waals surface area contributed by atoms with Gasteiger partial charge in [-0.2, -0.15) is 0 Å². The molecule has 0 saturated heterocycles. The zero-order chi connectivity index (χ0) is 21.3. The molecule has 2 aromatic carbocycles. The van der Waals surface area contributed by atoms with Gasteiger partial charge in [-0.25, -0.2) is 4.98 Å². The van der Waals surface area contributed by atoms with Crippen LogP contribution in [-0.2, 0) is 7.05 Å². The van der Waals surface area contributed by atoms with Crippen LogP contribution in [0.25, 0.3) is 11.0 Å². The number of imidazole rings is 1. The van der Waals surface area contributed by atoms with E-state index in [1.807, 2.05) is 54.9 Å². The molecule has 2 N–H and O–H groups in total. The van der Waals surface area contributed by atoms with Crippen LogP contribution in [0.4, 0.5) is 11.6 Å². The predicted octanol–water partition coefficient (Wildman–Crippen LogP) is 4.83. The Morgan fingerprint density at radius 3 is 2.67 bits per heavy atom. The molecule has 4 rings (SSSR count). The highest BCUT2D eigenvalue weighted by Crippen LogP contribution is 2.29. The molecule has 0 spiro atoms. The van der Waals surface area contributed by atoms with E-state index in [-0.39, 0.29) is 5.91 Å². The molecular formula is C22H20ClN5O2. The summed E-state index contributed by atoms with van der Waals surface area (Å²) in [6.07, 6.45) is 1.54. The summed E-state index contributed by atoms with van der Waals surface area (Å²) in [5.74, 6) is 1.57. The lowest BCUT2D eigenvalue weighted by Gasteiger charge is -2.09. The summed E-state index contributed by atoms with van der Waals surface area (Å²) >= 11 is 6.05. The van der Waals surface area contributed by atoms with Crippen molar-refractivity contribution in [3.05, 3.63) is 71.0 Å². The number of nitrogens with zero attached hydrogens (tertiary/aromatic N) is 3. The monoisotopic (exact) mass is 421 g/mol. The third kappa shape index (κ3) is 3.92. The molecule has 0 atom stereocenters. The molecular weight excluding hydrogens is 402 g/mol. The SMILES string of the molecule is CNC(=O)c1cc(Oc2ccc3c(c2)nc(Nc2ccc(Cl)cc2C)n3C)ccn1. The molecule has 1 amide bonds. The Balaban J connectivity index is 1.61. The van der Waals surface area contributed by atoms with Crippen molar-refractivity contribution in [3.63, 3.8) is 0 Å². The second kappa shape index (κ2) is 8.04. The fourth-order valence-corrected chi connectivity index (χ4v) is 3.33. The molecule has 2 heterocycles. The summed E-state index contributed by atoms with van der Waals surface area (Å²) in [7, 11) is 3.51. The van der Waals surface area contributed by atoms with Crippen LogP contribution >= 0.6 is 11.6 Å². The molecule has 4 aromatic rings. The Labute approximate surface area is 178 Å². The molecule has 0 unspecified atom stereocenters. The second-order valence-electron chi connectivity index (χ2n) is 6.79. The fraction of sp³-hybridized carbons (Fsp3) is 0.136. The van der Waals surface area contributed by atoms with Crippen LogP contribution in [0.3, 0.4) is 0 Å². The number of halogens is 1. The van der Waals surface area contributed by atoms with Gasteiger partial charge < -0.3 is 19.9 Å². The van der Waals surface area contributed by atoms with Crippen molar-refractivity contribution in [2.24, 2.45) is 7.05 Å². The molecule has 0 bridgehead atoms. The summed E-state index contributed by atoms with van der Waals surface area (Å²) in [5.41, 5.74) is 4.00. The van der Waals surface area contributed by atoms with E-state index in [2.05, 4.69) is 15.6 Å². The van der Waals surface area contributed by atoms with E-state index in [0.29, 0.717) is 28.2 Å². The van der Waals surface area contributed by atoms with Crippen LogP contribution in [-0.4, -0.2) is 27.5 Å². The third-order valence-corrected chi connectivity index (χ3v) is 4.95. The van der Waals surface area contributed by atoms with Crippen molar-refractivity contribution in [1.29, 1.82) is 0 Å². The van der Waals surface area contributed by atoms with Crippen LogP contribution in [0.5, 0.6) is 11.5 Å². The second-order valence-corrected chi connectivity index (χ2v) is 7.22. The molecule has 0 aliphatic rings. The molecule has 30 heavy (non-hydrogen) atoms. The van der Waals surface area contributed by atoms with E-state index in [9.17, 15) is 4.79 Å². The van der Waals surface area contributed by atoms with Crippen LogP contribution in [0.15, 0.2) is 54.7 Å². The molecule has 0 fully saturated rings. The average Bonchev–Trinajstić information content (AvgIpc) is 3.04. The minimum atomic E-state index is -0.270. The number of amides is 1. The van der Waals surface area contributed by atoms with Gasteiger partial charge in [-0.15, -0.1) is 0 Å². The lowest BCUT2D eigenvalue weighted by molar-refractivity contribution is 0.0958. The number of carbonyl (C=O) groups excluding carboxylic acids is 1. The Morgan fingerprint density at radius 1 is 1.10 bits per heavy atom. The molecule has 0 aliphatic carbocycles. The first-order valence-electron chi connectivity index (χ1n) is 9.30. The molecule has 7 nitrogen and oxygen atoms in total. The highest BCUT2D eigenvalue weighted by molar-refractivity contribution is 6.30. The maximum absolute atomic E-state index is 11.8. The largest absolute Gasteiger partial charge is 0.457 e. The third-order valence-electron chi connectivity index (χ3n) is 4.71. The molecule has 152 valence electrons. The van der Waals surface area contributed by atoms with Crippen LogP contribution < -0.4 is 15.4 Å². The van der Waals surface area contributed by atoms with E-state index in [1.54, 1.807) is 19.2 Å².